The Hall–Kier alpha value is -2.42. The van der Waals surface area contributed by atoms with Gasteiger partial charge in [0.2, 0.25) is 0 Å². The highest BCUT2D eigenvalue weighted by atomic mass is 16.5. The second-order valence-electron chi connectivity index (χ2n) is 6.05. The number of ether oxygens (including phenoxy) is 3. The van der Waals surface area contributed by atoms with Crippen molar-refractivity contribution in [1.82, 2.24) is 0 Å². The molecule has 3 heteroatoms. The van der Waals surface area contributed by atoms with Gasteiger partial charge >= 0.3 is 0 Å². The molecule has 1 heterocycles. The molecule has 0 fully saturated rings. The van der Waals surface area contributed by atoms with Gasteiger partial charge in [-0.3, -0.25) is 0 Å². The van der Waals surface area contributed by atoms with Crippen LogP contribution in [0.15, 0.2) is 42.2 Å². The molecular formula is C20H22O3. The van der Waals surface area contributed by atoms with Crippen LogP contribution in [0.2, 0.25) is 0 Å². The summed E-state index contributed by atoms with van der Waals surface area (Å²) in [5.41, 5.74) is 3.42. The zero-order valence-electron chi connectivity index (χ0n) is 14.1. The minimum absolute atomic E-state index is 0.159. The smallest absolute Gasteiger partial charge is 0.134 e. The van der Waals surface area contributed by atoms with Crippen molar-refractivity contribution in [2.45, 2.75) is 33.3 Å². The highest BCUT2D eigenvalue weighted by molar-refractivity contribution is 5.59. The van der Waals surface area contributed by atoms with Crippen molar-refractivity contribution in [2.24, 2.45) is 0 Å². The molecule has 1 aliphatic rings. The lowest BCUT2D eigenvalue weighted by Gasteiger charge is -2.10. The number of benzene rings is 2. The zero-order chi connectivity index (χ0) is 16.4. The predicted molar refractivity (Wildman–Crippen MR) is 92.2 cm³/mol. The molecule has 0 saturated heterocycles. The summed E-state index contributed by atoms with van der Waals surface area (Å²) in [6.45, 7) is 6.08. The van der Waals surface area contributed by atoms with Crippen molar-refractivity contribution in [3.05, 3.63) is 58.8 Å². The molecule has 0 amide bonds. The largest absolute Gasteiger partial charge is 0.496 e. The normalized spacial score (nSPS) is 14.7. The molecule has 2 aromatic carbocycles. The predicted octanol–water partition coefficient (Wildman–Crippen LogP) is 4.77. The molecule has 0 unspecified atom stereocenters. The van der Waals surface area contributed by atoms with Crippen LogP contribution in [0.1, 0.15) is 30.5 Å². The average Bonchev–Trinajstić information content (AvgIpc) is 2.88. The van der Waals surface area contributed by atoms with Gasteiger partial charge in [0.15, 0.2) is 0 Å². The zero-order valence-corrected chi connectivity index (χ0v) is 14.1. The van der Waals surface area contributed by atoms with E-state index >= 15 is 0 Å². The van der Waals surface area contributed by atoms with Crippen LogP contribution in [0.25, 0.3) is 6.08 Å². The van der Waals surface area contributed by atoms with Gasteiger partial charge in [0.05, 0.1) is 13.2 Å². The number of aryl methyl sites for hydroxylation is 1. The van der Waals surface area contributed by atoms with E-state index in [9.17, 15) is 0 Å². The van der Waals surface area contributed by atoms with Crippen molar-refractivity contribution in [3.8, 4) is 17.2 Å². The summed E-state index contributed by atoms with van der Waals surface area (Å²) >= 11 is 0. The summed E-state index contributed by atoms with van der Waals surface area (Å²) in [5.74, 6) is 3.59. The topological polar surface area (TPSA) is 27.7 Å². The van der Waals surface area contributed by atoms with Crippen LogP contribution in [0.4, 0.5) is 0 Å². The molecule has 0 atom stereocenters. The fourth-order valence-electron chi connectivity index (χ4n) is 2.74. The van der Waals surface area contributed by atoms with Crippen LogP contribution in [-0.2, 0) is 6.42 Å². The summed E-state index contributed by atoms with van der Waals surface area (Å²) in [6.07, 6.45) is 3.05. The van der Waals surface area contributed by atoms with E-state index in [0.29, 0.717) is 0 Å². The molecule has 0 N–H and O–H groups in total. The van der Waals surface area contributed by atoms with Crippen LogP contribution in [-0.4, -0.2) is 13.2 Å². The van der Waals surface area contributed by atoms with Gasteiger partial charge in [-0.1, -0.05) is 12.1 Å². The van der Waals surface area contributed by atoms with Crippen LogP contribution in [0, 0.1) is 6.92 Å². The maximum absolute atomic E-state index is 5.98. The first kappa shape index (κ1) is 15.5. The minimum Gasteiger partial charge on any atom is -0.496 e. The van der Waals surface area contributed by atoms with Gasteiger partial charge in [-0.15, -0.1) is 0 Å². The molecule has 2 aromatic rings. The van der Waals surface area contributed by atoms with E-state index in [4.69, 9.17) is 14.2 Å². The standard InChI is InChI=1S/C20H22O3/c1-13(2)22-17-7-6-16-11-18(23-20(16)12-17)10-15-5-8-19(21-4)14(3)9-15/h5-10,12-13H,11H2,1-4H3. The van der Waals surface area contributed by atoms with Crippen molar-refractivity contribution in [2.75, 3.05) is 7.11 Å². The van der Waals surface area contributed by atoms with Crippen LogP contribution in [0.5, 0.6) is 17.2 Å². The monoisotopic (exact) mass is 310 g/mol. The number of allylic oxidation sites excluding steroid dienone is 1. The molecule has 0 saturated carbocycles. The first-order chi connectivity index (χ1) is 11.0. The number of fused-ring (bicyclic) bond motifs is 1. The van der Waals surface area contributed by atoms with Gasteiger partial charge in [-0.25, -0.2) is 0 Å². The Bertz CT molecular complexity index is 745. The van der Waals surface area contributed by atoms with E-state index in [1.165, 1.54) is 5.56 Å². The summed E-state index contributed by atoms with van der Waals surface area (Å²) in [7, 11) is 1.69. The molecule has 0 aromatic heterocycles. The van der Waals surface area contributed by atoms with E-state index < -0.39 is 0 Å². The SMILES string of the molecule is COc1ccc(C=C2Cc3ccc(OC(C)C)cc3O2)cc1C. The molecule has 0 spiro atoms. The van der Waals surface area contributed by atoms with Gasteiger partial charge in [0, 0.05) is 18.1 Å². The lowest BCUT2D eigenvalue weighted by atomic mass is 10.1. The minimum atomic E-state index is 0.159. The number of rotatable bonds is 4. The Morgan fingerprint density at radius 2 is 1.96 bits per heavy atom. The Balaban J connectivity index is 1.79. The van der Waals surface area contributed by atoms with Gasteiger partial charge in [0.1, 0.15) is 23.0 Å². The molecular weight excluding hydrogens is 288 g/mol. The van der Waals surface area contributed by atoms with Crippen LogP contribution >= 0.6 is 0 Å². The van der Waals surface area contributed by atoms with Gasteiger partial charge in [0.25, 0.3) is 0 Å². The van der Waals surface area contributed by atoms with Gasteiger partial charge in [-0.2, -0.15) is 0 Å². The van der Waals surface area contributed by atoms with Crippen LogP contribution < -0.4 is 14.2 Å². The van der Waals surface area contributed by atoms with E-state index in [1.54, 1.807) is 7.11 Å². The Morgan fingerprint density at radius 1 is 1.13 bits per heavy atom. The third kappa shape index (κ3) is 3.50. The highest BCUT2D eigenvalue weighted by Crippen LogP contribution is 2.35. The van der Waals surface area contributed by atoms with E-state index in [-0.39, 0.29) is 6.10 Å². The second kappa shape index (κ2) is 6.37. The summed E-state index contributed by atoms with van der Waals surface area (Å²) in [6, 6.07) is 12.2. The lowest BCUT2D eigenvalue weighted by molar-refractivity contribution is 0.241. The molecule has 0 radical (unpaired) electrons. The summed E-state index contributed by atoms with van der Waals surface area (Å²) in [5, 5.41) is 0. The van der Waals surface area contributed by atoms with Crippen molar-refractivity contribution in [3.63, 3.8) is 0 Å². The molecule has 3 rings (SSSR count). The maximum atomic E-state index is 5.98. The molecule has 1 aliphatic heterocycles. The quantitative estimate of drug-likeness (QED) is 0.814. The molecule has 0 aliphatic carbocycles. The average molecular weight is 310 g/mol. The first-order valence-electron chi connectivity index (χ1n) is 7.88. The van der Waals surface area contributed by atoms with Crippen molar-refractivity contribution in [1.29, 1.82) is 0 Å². The van der Waals surface area contributed by atoms with E-state index in [0.717, 1.165) is 40.6 Å². The third-order valence-electron chi connectivity index (χ3n) is 3.76. The van der Waals surface area contributed by atoms with Gasteiger partial charge in [-0.05, 0) is 56.2 Å². The van der Waals surface area contributed by atoms with Crippen LogP contribution in [0.3, 0.4) is 0 Å². The number of hydrogen-bond donors (Lipinski definition) is 0. The number of methoxy groups -OCH3 is 1. The molecule has 120 valence electrons. The summed E-state index contributed by atoms with van der Waals surface area (Å²) < 4.78 is 17.0. The van der Waals surface area contributed by atoms with Crippen molar-refractivity contribution < 1.29 is 14.2 Å². The second-order valence-corrected chi connectivity index (χ2v) is 6.05. The molecule has 3 nitrogen and oxygen atoms in total. The Kier molecular flexibility index (Phi) is 4.28. The maximum Gasteiger partial charge on any atom is 0.134 e. The molecule has 0 bridgehead atoms. The summed E-state index contributed by atoms with van der Waals surface area (Å²) in [4.78, 5) is 0. The van der Waals surface area contributed by atoms with Crippen molar-refractivity contribution >= 4 is 6.08 Å². The Labute approximate surface area is 137 Å². The first-order valence-corrected chi connectivity index (χ1v) is 7.88. The highest BCUT2D eigenvalue weighted by Gasteiger charge is 2.18. The number of hydrogen-bond acceptors (Lipinski definition) is 3. The van der Waals surface area contributed by atoms with E-state index in [1.807, 2.05) is 45.0 Å². The van der Waals surface area contributed by atoms with Gasteiger partial charge < -0.3 is 14.2 Å². The fourth-order valence-corrected chi connectivity index (χ4v) is 2.74. The van der Waals surface area contributed by atoms with E-state index in [2.05, 4.69) is 18.2 Å². The molecule has 23 heavy (non-hydrogen) atoms. The Morgan fingerprint density at radius 3 is 2.65 bits per heavy atom. The lowest BCUT2D eigenvalue weighted by Crippen LogP contribution is -2.05. The third-order valence-corrected chi connectivity index (χ3v) is 3.76. The fraction of sp³-hybridized carbons (Fsp3) is 0.300.